The van der Waals surface area contributed by atoms with Crippen molar-refractivity contribution in [3.8, 4) is 5.75 Å². The molecule has 0 heterocycles. The maximum atomic E-state index is 11.6. The molecule has 0 aliphatic heterocycles. The smallest absolute Gasteiger partial charge is 0.264 e. The molecule has 18 heavy (non-hydrogen) atoms. The predicted octanol–water partition coefficient (Wildman–Crippen LogP) is 1.81. The number of hydrogen-bond donors (Lipinski definition) is 1. The largest absolute Gasteiger partial charge is 0.484 e. The Hall–Kier alpha value is -1.62. The first-order valence-electron chi connectivity index (χ1n) is 5.94. The van der Waals surface area contributed by atoms with Gasteiger partial charge < -0.3 is 15.0 Å². The van der Waals surface area contributed by atoms with E-state index in [1.165, 1.54) is 0 Å². The Morgan fingerprint density at radius 1 is 1.28 bits per heavy atom. The van der Waals surface area contributed by atoms with Crippen LogP contribution in [0.5, 0.6) is 5.75 Å². The van der Waals surface area contributed by atoms with Gasteiger partial charge in [-0.25, -0.2) is 0 Å². The van der Waals surface area contributed by atoms with E-state index >= 15 is 0 Å². The van der Waals surface area contributed by atoms with E-state index in [1.807, 2.05) is 36.9 Å². The summed E-state index contributed by atoms with van der Waals surface area (Å²) in [6, 6.07) is 9.20. The average molecular weight is 266 g/mol. The zero-order valence-electron chi connectivity index (χ0n) is 10.7. The standard InChI is InChI=1S/C13H18N2O2S/c1-3-15(4-2)13(18)14-12(16)10-17-11-8-6-5-7-9-11/h5-9H,3-4,10H2,1-2H3,(H,14,16,18). The van der Waals surface area contributed by atoms with E-state index in [0.717, 1.165) is 13.1 Å². The molecule has 0 spiro atoms. The molecule has 0 aliphatic carbocycles. The van der Waals surface area contributed by atoms with Crippen LogP contribution >= 0.6 is 12.2 Å². The molecule has 4 nitrogen and oxygen atoms in total. The lowest BCUT2D eigenvalue weighted by Crippen LogP contribution is -2.44. The predicted molar refractivity (Wildman–Crippen MR) is 75.6 cm³/mol. The van der Waals surface area contributed by atoms with Crippen molar-refractivity contribution in [2.24, 2.45) is 0 Å². The van der Waals surface area contributed by atoms with Crippen molar-refractivity contribution in [1.29, 1.82) is 0 Å². The molecule has 0 unspecified atom stereocenters. The number of nitrogens with zero attached hydrogens (tertiary/aromatic N) is 1. The molecule has 0 bridgehead atoms. The van der Waals surface area contributed by atoms with Crippen LogP contribution < -0.4 is 10.1 Å². The lowest BCUT2D eigenvalue weighted by Gasteiger charge is -2.21. The van der Waals surface area contributed by atoms with Crippen molar-refractivity contribution in [1.82, 2.24) is 10.2 Å². The van der Waals surface area contributed by atoms with E-state index in [9.17, 15) is 4.79 Å². The first-order chi connectivity index (χ1) is 8.67. The van der Waals surface area contributed by atoms with E-state index in [1.54, 1.807) is 12.1 Å². The molecule has 5 heteroatoms. The summed E-state index contributed by atoms with van der Waals surface area (Å²) in [5.41, 5.74) is 0. The average Bonchev–Trinajstić information content (AvgIpc) is 2.39. The molecule has 0 atom stereocenters. The lowest BCUT2D eigenvalue weighted by molar-refractivity contribution is -0.121. The number of ether oxygens (including phenoxy) is 1. The number of hydrogen-bond acceptors (Lipinski definition) is 3. The Labute approximate surface area is 113 Å². The van der Waals surface area contributed by atoms with E-state index in [0.29, 0.717) is 10.9 Å². The number of nitrogens with one attached hydrogen (secondary N) is 1. The minimum absolute atomic E-state index is 0.0363. The zero-order valence-corrected chi connectivity index (χ0v) is 11.5. The third-order valence-corrected chi connectivity index (χ3v) is 2.77. The summed E-state index contributed by atoms with van der Waals surface area (Å²) in [5.74, 6) is 0.428. The molecule has 1 rings (SSSR count). The number of rotatable bonds is 5. The molecular formula is C13H18N2O2S. The van der Waals surface area contributed by atoms with Gasteiger partial charge in [-0.15, -0.1) is 0 Å². The van der Waals surface area contributed by atoms with Crippen molar-refractivity contribution >= 4 is 23.2 Å². The molecule has 1 amide bonds. The molecule has 0 aromatic heterocycles. The number of carbonyl (C=O) groups is 1. The Morgan fingerprint density at radius 3 is 2.44 bits per heavy atom. The first kappa shape index (κ1) is 14.4. The van der Waals surface area contributed by atoms with Gasteiger partial charge in [0.1, 0.15) is 5.75 Å². The minimum Gasteiger partial charge on any atom is -0.484 e. The molecule has 0 saturated heterocycles. The molecule has 0 fully saturated rings. The van der Waals surface area contributed by atoms with Gasteiger partial charge in [0.05, 0.1) is 0 Å². The van der Waals surface area contributed by atoms with Crippen LogP contribution in [0.2, 0.25) is 0 Å². The maximum absolute atomic E-state index is 11.6. The van der Waals surface area contributed by atoms with E-state index in [2.05, 4.69) is 5.32 Å². The number of carbonyl (C=O) groups excluding carboxylic acids is 1. The molecule has 98 valence electrons. The Balaban J connectivity index is 2.36. The fourth-order valence-corrected chi connectivity index (χ4v) is 1.78. The first-order valence-corrected chi connectivity index (χ1v) is 6.34. The molecule has 1 N–H and O–H groups in total. The van der Waals surface area contributed by atoms with Crippen molar-refractivity contribution in [2.45, 2.75) is 13.8 Å². The fourth-order valence-electron chi connectivity index (χ4n) is 1.41. The van der Waals surface area contributed by atoms with E-state index < -0.39 is 0 Å². The van der Waals surface area contributed by atoms with Crippen LogP contribution in [0.4, 0.5) is 0 Å². The molecule has 0 saturated carbocycles. The number of amides is 1. The Morgan fingerprint density at radius 2 is 1.89 bits per heavy atom. The summed E-state index contributed by atoms with van der Waals surface area (Å²) in [7, 11) is 0. The third kappa shape index (κ3) is 4.71. The van der Waals surface area contributed by atoms with Gasteiger partial charge in [0.2, 0.25) is 0 Å². The number of benzene rings is 1. The van der Waals surface area contributed by atoms with Gasteiger partial charge in [-0.05, 0) is 38.2 Å². The Kier molecular flexibility index (Phi) is 6.14. The molecule has 1 aromatic rings. The quantitative estimate of drug-likeness (QED) is 0.825. The second kappa shape index (κ2) is 7.66. The van der Waals surface area contributed by atoms with Crippen molar-refractivity contribution in [3.05, 3.63) is 30.3 Å². The van der Waals surface area contributed by atoms with Gasteiger partial charge >= 0.3 is 0 Å². The topological polar surface area (TPSA) is 41.6 Å². The normalized spacial score (nSPS) is 9.67. The molecule has 0 aliphatic rings. The summed E-state index contributed by atoms with van der Waals surface area (Å²) < 4.78 is 5.33. The number of thiocarbonyl (C=S) groups is 1. The van der Waals surface area contributed by atoms with Gasteiger partial charge in [-0.3, -0.25) is 4.79 Å². The van der Waals surface area contributed by atoms with Gasteiger partial charge in [-0.1, -0.05) is 18.2 Å². The van der Waals surface area contributed by atoms with Crippen LogP contribution in [-0.4, -0.2) is 35.6 Å². The van der Waals surface area contributed by atoms with Crippen LogP contribution in [0.1, 0.15) is 13.8 Å². The van der Waals surface area contributed by atoms with Crippen LogP contribution in [0, 0.1) is 0 Å². The zero-order chi connectivity index (χ0) is 13.4. The van der Waals surface area contributed by atoms with E-state index in [4.69, 9.17) is 17.0 Å². The third-order valence-electron chi connectivity index (χ3n) is 2.41. The second-order valence-electron chi connectivity index (χ2n) is 3.63. The summed E-state index contributed by atoms with van der Waals surface area (Å²) in [6.07, 6.45) is 0. The summed E-state index contributed by atoms with van der Waals surface area (Å²) in [5, 5.41) is 3.09. The van der Waals surface area contributed by atoms with Gasteiger partial charge in [0.25, 0.3) is 5.91 Å². The van der Waals surface area contributed by atoms with Crippen LogP contribution in [0.3, 0.4) is 0 Å². The van der Waals surface area contributed by atoms with Crippen molar-refractivity contribution < 1.29 is 9.53 Å². The highest BCUT2D eigenvalue weighted by Gasteiger charge is 2.09. The van der Waals surface area contributed by atoms with Crippen LogP contribution in [0.25, 0.3) is 0 Å². The van der Waals surface area contributed by atoms with Gasteiger partial charge in [0, 0.05) is 13.1 Å². The van der Waals surface area contributed by atoms with Crippen LogP contribution in [0.15, 0.2) is 30.3 Å². The van der Waals surface area contributed by atoms with Gasteiger partial charge in [-0.2, -0.15) is 0 Å². The maximum Gasteiger partial charge on any atom is 0.264 e. The fraction of sp³-hybridized carbons (Fsp3) is 0.385. The number of para-hydroxylation sites is 1. The lowest BCUT2D eigenvalue weighted by atomic mass is 10.3. The van der Waals surface area contributed by atoms with Gasteiger partial charge in [0.15, 0.2) is 11.7 Å². The molecule has 1 aromatic carbocycles. The minimum atomic E-state index is -0.240. The highest BCUT2D eigenvalue weighted by Crippen LogP contribution is 2.07. The highest BCUT2D eigenvalue weighted by molar-refractivity contribution is 7.80. The monoisotopic (exact) mass is 266 g/mol. The van der Waals surface area contributed by atoms with E-state index in [-0.39, 0.29) is 12.5 Å². The Bertz CT molecular complexity index is 391. The summed E-state index contributed by atoms with van der Waals surface area (Å²) in [4.78, 5) is 13.5. The van der Waals surface area contributed by atoms with Crippen molar-refractivity contribution in [2.75, 3.05) is 19.7 Å². The van der Waals surface area contributed by atoms with Crippen molar-refractivity contribution in [3.63, 3.8) is 0 Å². The second-order valence-corrected chi connectivity index (χ2v) is 4.01. The molecular weight excluding hydrogens is 248 g/mol. The van der Waals surface area contributed by atoms with Crippen LogP contribution in [-0.2, 0) is 4.79 Å². The summed E-state index contributed by atoms with van der Waals surface area (Å²) in [6.45, 7) is 5.49. The SMILES string of the molecule is CCN(CC)C(=S)NC(=O)COc1ccccc1. The summed E-state index contributed by atoms with van der Waals surface area (Å²) >= 11 is 5.12. The highest BCUT2D eigenvalue weighted by atomic mass is 32.1. The molecule has 0 radical (unpaired) electrons.